The second-order valence-electron chi connectivity index (χ2n) is 5.72. The molecule has 2 aliphatic rings. The van der Waals surface area contributed by atoms with Gasteiger partial charge in [0.2, 0.25) is 0 Å². The van der Waals surface area contributed by atoms with E-state index in [0.29, 0.717) is 10.8 Å². The topological polar surface area (TPSA) is 9.23 Å². The summed E-state index contributed by atoms with van der Waals surface area (Å²) in [5.41, 5.74) is 1.05. The van der Waals surface area contributed by atoms with Gasteiger partial charge in [0.1, 0.15) is 0 Å². The van der Waals surface area contributed by atoms with E-state index in [1.54, 1.807) is 0 Å². The van der Waals surface area contributed by atoms with Crippen molar-refractivity contribution in [1.29, 1.82) is 0 Å². The fourth-order valence-electron chi connectivity index (χ4n) is 3.31. The molecule has 0 radical (unpaired) electrons. The van der Waals surface area contributed by atoms with Gasteiger partial charge in [0.05, 0.1) is 6.61 Å². The molecule has 1 nitrogen and oxygen atoms in total. The Balaban J connectivity index is 2.19. The number of hydrogen-bond donors (Lipinski definition) is 0. The van der Waals surface area contributed by atoms with Crippen LogP contribution >= 0.6 is 0 Å². The maximum absolute atomic E-state index is 5.62. The van der Waals surface area contributed by atoms with E-state index in [4.69, 9.17) is 4.74 Å². The Bertz CT molecular complexity index is 193. The fourth-order valence-corrected chi connectivity index (χ4v) is 3.31. The number of rotatable bonds is 0. The highest BCUT2D eigenvalue weighted by Gasteiger charge is 2.63. The quantitative estimate of drug-likeness (QED) is 0.540. The van der Waals surface area contributed by atoms with Crippen molar-refractivity contribution in [3.8, 4) is 0 Å². The van der Waals surface area contributed by atoms with E-state index in [-0.39, 0.29) is 0 Å². The lowest BCUT2D eigenvalue weighted by atomic mass is 9.81. The lowest BCUT2D eigenvalue weighted by Gasteiger charge is -2.25. The third-order valence-corrected chi connectivity index (χ3v) is 4.08. The maximum Gasteiger partial charge on any atom is 0.0502 e. The minimum Gasteiger partial charge on any atom is -0.381 e. The average Bonchev–Trinajstić information content (AvgIpc) is 2.51. The standard InChI is InChI=1S/C11H20O/c1-10(2)5-6-12-7-8-9(10)11(8,3)4/h8-9H,5-7H2,1-4H3. The normalized spacial score (nSPS) is 43.0. The van der Waals surface area contributed by atoms with Crippen molar-refractivity contribution in [2.24, 2.45) is 22.7 Å². The molecule has 1 aliphatic carbocycles. The van der Waals surface area contributed by atoms with Gasteiger partial charge >= 0.3 is 0 Å². The van der Waals surface area contributed by atoms with Gasteiger partial charge in [0.25, 0.3) is 0 Å². The van der Waals surface area contributed by atoms with Crippen LogP contribution < -0.4 is 0 Å². The Morgan fingerprint density at radius 3 is 2.50 bits per heavy atom. The minimum absolute atomic E-state index is 0.505. The van der Waals surface area contributed by atoms with E-state index < -0.39 is 0 Å². The zero-order valence-corrected chi connectivity index (χ0v) is 8.68. The molecule has 1 heteroatoms. The van der Waals surface area contributed by atoms with Gasteiger partial charge in [-0.3, -0.25) is 0 Å². The molecule has 0 spiro atoms. The summed E-state index contributed by atoms with van der Waals surface area (Å²) in [6.45, 7) is 11.5. The summed E-state index contributed by atoms with van der Waals surface area (Å²) < 4.78 is 5.62. The van der Waals surface area contributed by atoms with Crippen molar-refractivity contribution >= 4 is 0 Å². The highest BCUT2D eigenvalue weighted by Crippen LogP contribution is 2.67. The van der Waals surface area contributed by atoms with Crippen LogP contribution in [0.1, 0.15) is 34.1 Å². The molecule has 0 aromatic heterocycles. The first-order valence-corrected chi connectivity index (χ1v) is 5.04. The molecule has 1 saturated heterocycles. The first-order chi connectivity index (χ1) is 5.46. The molecule has 0 N–H and O–H groups in total. The van der Waals surface area contributed by atoms with E-state index in [9.17, 15) is 0 Å². The largest absolute Gasteiger partial charge is 0.381 e. The highest BCUT2D eigenvalue weighted by molar-refractivity contribution is 5.11. The van der Waals surface area contributed by atoms with Gasteiger partial charge in [-0.2, -0.15) is 0 Å². The van der Waals surface area contributed by atoms with Crippen LogP contribution in [0.25, 0.3) is 0 Å². The summed E-state index contributed by atoms with van der Waals surface area (Å²) in [5, 5.41) is 0. The average molecular weight is 168 g/mol. The molecule has 0 bridgehead atoms. The molecule has 1 heterocycles. The van der Waals surface area contributed by atoms with Crippen LogP contribution in [0, 0.1) is 22.7 Å². The van der Waals surface area contributed by atoms with Crippen LogP contribution in [0.2, 0.25) is 0 Å². The molecule has 1 aliphatic heterocycles. The van der Waals surface area contributed by atoms with E-state index in [1.807, 2.05) is 0 Å². The summed E-state index contributed by atoms with van der Waals surface area (Å²) in [6.07, 6.45) is 1.23. The third-order valence-electron chi connectivity index (χ3n) is 4.08. The van der Waals surface area contributed by atoms with Gasteiger partial charge in [-0.15, -0.1) is 0 Å². The summed E-state index contributed by atoms with van der Waals surface area (Å²) in [7, 11) is 0. The van der Waals surface area contributed by atoms with Crippen LogP contribution in [-0.4, -0.2) is 13.2 Å². The van der Waals surface area contributed by atoms with Crippen molar-refractivity contribution < 1.29 is 4.74 Å². The van der Waals surface area contributed by atoms with Gasteiger partial charge < -0.3 is 4.74 Å². The minimum atomic E-state index is 0.505. The molecule has 0 aromatic rings. The first kappa shape index (κ1) is 8.55. The Morgan fingerprint density at radius 2 is 1.83 bits per heavy atom. The molecule has 2 fully saturated rings. The van der Waals surface area contributed by atoms with Crippen LogP contribution in [0.4, 0.5) is 0 Å². The van der Waals surface area contributed by atoms with Gasteiger partial charge in [0, 0.05) is 6.61 Å². The second-order valence-corrected chi connectivity index (χ2v) is 5.72. The first-order valence-electron chi connectivity index (χ1n) is 5.04. The van der Waals surface area contributed by atoms with E-state index >= 15 is 0 Å². The molecule has 12 heavy (non-hydrogen) atoms. The second kappa shape index (κ2) is 2.25. The molecule has 2 rings (SSSR count). The monoisotopic (exact) mass is 168 g/mol. The Kier molecular flexibility index (Phi) is 1.61. The van der Waals surface area contributed by atoms with Crippen molar-refractivity contribution in [3.05, 3.63) is 0 Å². The number of fused-ring (bicyclic) bond motifs is 1. The van der Waals surface area contributed by atoms with Gasteiger partial charge in [-0.25, -0.2) is 0 Å². The van der Waals surface area contributed by atoms with Crippen molar-refractivity contribution in [3.63, 3.8) is 0 Å². The molecule has 0 aromatic carbocycles. The molecule has 1 saturated carbocycles. The molecule has 2 atom stereocenters. The zero-order chi connectivity index (χ0) is 8.98. The Labute approximate surface area is 75.5 Å². The summed E-state index contributed by atoms with van der Waals surface area (Å²) in [4.78, 5) is 0. The molecular weight excluding hydrogens is 148 g/mol. The predicted molar refractivity (Wildman–Crippen MR) is 50.0 cm³/mol. The van der Waals surface area contributed by atoms with Crippen molar-refractivity contribution in [2.75, 3.05) is 13.2 Å². The van der Waals surface area contributed by atoms with Crippen LogP contribution in [-0.2, 0) is 4.74 Å². The lowest BCUT2D eigenvalue weighted by Crippen LogP contribution is -2.18. The molecule has 2 unspecified atom stereocenters. The molecular formula is C11H20O. The van der Waals surface area contributed by atoms with Crippen LogP contribution in [0.5, 0.6) is 0 Å². The summed E-state index contributed by atoms with van der Waals surface area (Å²) in [5.74, 6) is 1.72. The van der Waals surface area contributed by atoms with E-state index in [1.165, 1.54) is 6.42 Å². The summed E-state index contributed by atoms with van der Waals surface area (Å²) >= 11 is 0. The third kappa shape index (κ3) is 1.02. The Morgan fingerprint density at radius 1 is 1.17 bits per heavy atom. The van der Waals surface area contributed by atoms with Crippen LogP contribution in [0.15, 0.2) is 0 Å². The lowest BCUT2D eigenvalue weighted by molar-refractivity contribution is 0.103. The highest BCUT2D eigenvalue weighted by atomic mass is 16.5. The van der Waals surface area contributed by atoms with Crippen LogP contribution in [0.3, 0.4) is 0 Å². The van der Waals surface area contributed by atoms with Crippen molar-refractivity contribution in [1.82, 2.24) is 0 Å². The van der Waals surface area contributed by atoms with Gasteiger partial charge in [0.15, 0.2) is 0 Å². The molecule has 70 valence electrons. The van der Waals surface area contributed by atoms with E-state index in [2.05, 4.69) is 27.7 Å². The smallest absolute Gasteiger partial charge is 0.0502 e. The number of hydrogen-bond acceptors (Lipinski definition) is 1. The van der Waals surface area contributed by atoms with Gasteiger partial charge in [-0.05, 0) is 29.1 Å². The van der Waals surface area contributed by atoms with Crippen molar-refractivity contribution in [2.45, 2.75) is 34.1 Å². The predicted octanol–water partition coefficient (Wildman–Crippen LogP) is 2.71. The number of ether oxygens (including phenoxy) is 1. The van der Waals surface area contributed by atoms with Gasteiger partial charge in [-0.1, -0.05) is 27.7 Å². The fraction of sp³-hybridized carbons (Fsp3) is 1.00. The SMILES string of the molecule is CC1(C)CCOCC2C1C2(C)C. The molecule has 0 amide bonds. The van der Waals surface area contributed by atoms with E-state index in [0.717, 1.165) is 25.0 Å². The zero-order valence-electron chi connectivity index (χ0n) is 8.68. The Hall–Kier alpha value is -0.0400. The maximum atomic E-state index is 5.62. The summed E-state index contributed by atoms with van der Waals surface area (Å²) in [6, 6.07) is 0.